The molecule has 3 rings (SSSR count). The molecule has 0 radical (unpaired) electrons. The van der Waals surface area contributed by atoms with Crippen molar-refractivity contribution in [2.75, 3.05) is 0 Å². The molecule has 0 amide bonds. The summed E-state index contributed by atoms with van der Waals surface area (Å²) >= 11 is 0. The molecular formula is C12H12N2O2. The SMILES string of the molecule is O=C(O)c1cc2cccnc2n1CC1CC1. The van der Waals surface area contributed by atoms with Crippen molar-refractivity contribution in [3.8, 4) is 0 Å². The van der Waals surface area contributed by atoms with Gasteiger partial charge in [-0.1, -0.05) is 0 Å². The van der Waals surface area contributed by atoms with Gasteiger partial charge in [-0.05, 0) is 37.0 Å². The lowest BCUT2D eigenvalue weighted by Gasteiger charge is -2.05. The Morgan fingerprint density at radius 2 is 2.38 bits per heavy atom. The summed E-state index contributed by atoms with van der Waals surface area (Å²) in [4.78, 5) is 15.4. The smallest absolute Gasteiger partial charge is 0.352 e. The van der Waals surface area contributed by atoms with Crippen LogP contribution in [0.25, 0.3) is 11.0 Å². The van der Waals surface area contributed by atoms with E-state index in [1.807, 2.05) is 16.7 Å². The quantitative estimate of drug-likeness (QED) is 0.855. The molecule has 4 nitrogen and oxygen atoms in total. The van der Waals surface area contributed by atoms with Gasteiger partial charge in [0.2, 0.25) is 0 Å². The van der Waals surface area contributed by atoms with Gasteiger partial charge in [-0.15, -0.1) is 0 Å². The summed E-state index contributed by atoms with van der Waals surface area (Å²) in [7, 11) is 0. The van der Waals surface area contributed by atoms with E-state index in [2.05, 4.69) is 4.98 Å². The van der Waals surface area contributed by atoms with Gasteiger partial charge in [0.15, 0.2) is 0 Å². The number of carboxylic acids is 1. The summed E-state index contributed by atoms with van der Waals surface area (Å²) < 4.78 is 1.83. The van der Waals surface area contributed by atoms with E-state index in [4.69, 9.17) is 5.11 Å². The Labute approximate surface area is 92.5 Å². The van der Waals surface area contributed by atoms with Gasteiger partial charge in [-0.2, -0.15) is 0 Å². The van der Waals surface area contributed by atoms with Gasteiger partial charge < -0.3 is 9.67 Å². The van der Waals surface area contributed by atoms with E-state index in [-0.39, 0.29) is 0 Å². The summed E-state index contributed by atoms with van der Waals surface area (Å²) in [5.74, 6) is -0.241. The summed E-state index contributed by atoms with van der Waals surface area (Å²) in [5, 5.41) is 10.1. The standard InChI is InChI=1S/C12H12N2O2/c15-12(16)10-6-9-2-1-5-13-11(9)14(10)7-8-3-4-8/h1-2,5-6,8H,3-4,7H2,(H,15,16). The lowest BCUT2D eigenvalue weighted by Crippen LogP contribution is -2.09. The van der Waals surface area contributed by atoms with E-state index in [0.717, 1.165) is 17.6 Å². The molecule has 1 fully saturated rings. The maximum Gasteiger partial charge on any atom is 0.352 e. The number of rotatable bonds is 3. The normalized spacial score (nSPS) is 15.5. The summed E-state index contributed by atoms with van der Waals surface area (Å²) in [5.41, 5.74) is 1.13. The first-order valence-electron chi connectivity index (χ1n) is 5.43. The predicted octanol–water partition coefficient (Wildman–Crippen LogP) is 2.14. The largest absolute Gasteiger partial charge is 0.477 e. The van der Waals surface area contributed by atoms with Crippen LogP contribution in [-0.4, -0.2) is 20.6 Å². The first-order chi connectivity index (χ1) is 7.75. The van der Waals surface area contributed by atoms with Gasteiger partial charge in [-0.25, -0.2) is 9.78 Å². The van der Waals surface area contributed by atoms with Crippen LogP contribution in [-0.2, 0) is 6.54 Å². The Morgan fingerprint density at radius 1 is 1.56 bits per heavy atom. The van der Waals surface area contributed by atoms with E-state index in [0.29, 0.717) is 11.6 Å². The van der Waals surface area contributed by atoms with Crippen molar-refractivity contribution in [3.05, 3.63) is 30.1 Å². The molecule has 16 heavy (non-hydrogen) atoms. The van der Waals surface area contributed by atoms with Gasteiger partial charge in [0, 0.05) is 18.1 Å². The van der Waals surface area contributed by atoms with E-state index in [1.165, 1.54) is 12.8 Å². The number of pyridine rings is 1. The zero-order valence-electron chi connectivity index (χ0n) is 8.76. The van der Waals surface area contributed by atoms with Crippen LogP contribution in [0.4, 0.5) is 0 Å². The third-order valence-corrected chi connectivity index (χ3v) is 3.01. The molecule has 1 aliphatic carbocycles. The number of nitrogens with zero attached hydrogens (tertiary/aromatic N) is 2. The Bertz CT molecular complexity index is 555. The zero-order chi connectivity index (χ0) is 11.1. The minimum absolute atomic E-state index is 0.348. The van der Waals surface area contributed by atoms with Crippen LogP contribution in [0.5, 0.6) is 0 Å². The van der Waals surface area contributed by atoms with Crippen LogP contribution in [0.15, 0.2) is 24.4 Å². The minimum Gasteiger partial charge on any atom is -0.477 e. The molecule has 0 spiro atoms. The van der Waals surface area contributed by atoms with Gasteiger partial charge in [0.25, 0.3) is 0 Å². The summed E-state index contributed by atoms with van der Waals surface area (Å²) in [6.45, 7) is 0.780. The van der Waals surface area contributed by atoms with Gasteiger partial charge in [0.1, 0.15) is 11.3 Å². The molecule has 1 saturated carbocycles. The van der Waals surface area contributed by atoms with Crippen LogP contribution in [0.1, 0.15) is 23.3 Å². The fraction of sp³-hybridized carbons (Fsp3) is 0.333. The monoisotopic (exact) mass is 216 g/mol. The molecule has 0 atom stereocenters. The van der Waals surface area contributed by atoms with Crippen LogP contribution in [0, 0.1) is 5.92 Å². The van der Waals surface area contributed by atoms with E-state index >= 15 is 0 Å². The maximum absolute atomic E-state index is 11.1. The molecule has 4 heteroatoms. The first-order valence-corrected chi connectivity index (χ1v) is 5.43. The lowest BCUT2D eigenvalue weighted by molar-refractivity contribution is 0.0685. The van der Waals surface area contributed by atoms with Crippen LogP contribution in [0.3, 0.4) is 0 Å². The molecule has 82 valence electrons. The van der Waals surface area contributed by atoms with E-state index < -0.39 is 5.97 Å². The van der Waals surface area contributed by atoms with Crippen molar-refractivity contribution in [3.63, 3.8) is 0 Å². The highest BCUT2D eigenvalue weighted by atomic mass is 16.4. The second-order valence-electron chi connectivity index (χ2n) is 4.30. The van der Waals surface area contributed by atoms with E-state index in [9.17, 15) is 4.79 Å². The zero-order valence-corrected chi connectivity index (χ0v) is 8.76. The minimum atomic E-state index is -0.876. The number of carboxylic acid groups (broad SMARTS) is 1. The second-order valence-corrected chi connectivity index (χ2v) is 4.30. The van der Waals surface area contributed by atoms with Crippen molar-refractivity contribution >= 4 is 17.0 Å². The number of aromatic carboxylic acids is 1. The highest BCUT2D eigenvalue weighted by Crippen LogP contribution is 2.32. The molecule has 0 saturated heterocycles. The summed E-state index contributed by atoms with van der Waals surface area (Å²) in [6, 6.07) is 5.43. The fourth-order valence-corrected chi connectivity index (χ4v) is 2.01. The van der Waals surface area contributed by atoms with Crippen LogP contribution in [0.2, 0.25) is 0 Å². The van der Waals surface area contributed by atoms with Crippen molar-refractivity contribution in [2.45, 2.75) is 19.4 Å². The molecule has 0 aromatic carbocycles. The van der Waals surface area contributed by atoms with E-state index in [1.54, 1.807) is 12.3 Å². The molecule has 2 aromatic heterocycles. The van der Waals surface area contributed by atoms with Crippen molar-refractivity contribution in [1.29, 1.82) is 0 Å². The predicted molar refractivity (Wildman–Crippen MR) is 59.4 cm³/mol. The van der Waals surface area contributed by atoms with Crippen molar-refractivity contribution in [1.82, 2.24) is 9.55 Å². The fourth-order valence-electron chi connectivity index (χ4n) is 2.01. The van der Waals surface area contributed by atoms with Gasteiger partial charge in [0.05, 0.1) is 0 Å². The Kier molecular flexibility index (Phi) is 1.96. The molecule has 0 aliphatic heterocycles. The number of hydrogen-bond acceptors (Lipinski definition) is 2. The molecule has 2 heterocycles. The number of aromatic nitrogens is 2. The Balaban J connectivity index is 2.18. The topological polar surface area (TPSA) is 55.1 Å². The number of carbonyl (C=O) groups is 1. The highest BCUT2D eigenvalue weighted by molar-refractivity contribution is 5.93. The first kappa shape index (κ1) is 9.39. The molecule has 2 aromatic rings. The number of fused-ring (bicyclic) bond motifs is 1. The van der Waals surface area contributed by atoms with Crippen LogP contribution >= 0.6 is 0 Å². The lowest BCUT2D eigenvalue weighted by atomic mass is 10.3. The average molecular weight is 216 g/mol. The molecule has 1 N–H and O–H groups in total. The summed E-state index contributed by atoms with van der Waals surface area (Å²) in [6.07, 6.45) is 4.11. The van der Waals surface area contributed by atoms with Crippen LogP contribution < -0.4 is 0 Å². The molecule has 0 unspecified atom stereocenters. The van der Waals surface area contributed by atoms with Gasteiger partial charge in [-0.3, -0.25) is 0 Å². The average Bonchev–Trinajstić information content (AvgIpc) is 3.00. The van der Waals surface area contributed by atoms with Crippen molar-refractivity contribution in [2.24, 2.45) is 5.92 Å². The van der Waals surface area contributed by atoms with Crippen molar-refractivity contribution < 1.29 is 9.90 Å². The molecule has 1 aliphatic rings. The van der Waals surface area contributed by atoms with Gasteiger partial charge >= 0.3 is 5.97 Å². The molecule has 0 bridgehead atoms. The Morgan fingerprint density at radius 3 is 3.06 bits per heavy atom. The highest BCUT2D eigenvalue weighted by Gasteiger charge is 2.25. The Hall–Kier alpha value is -1.84. The molecular weight excluding hydrogens is 204 g/mol. The number of hydrogen-bond donors (Lipinski definition) is 1. The second kappa shape index (κ2) is 3.33. The third-order valence-electron chi connectivity index (χ3n) is 3.01. The third kappa shape index (κ3) is 1.46. The maximum atomic E-state index is 11.1.